The Bertz CT molecular complexity index is 998. The van der Waals surface area contributed by atoms with Gasteiger partial charge in [-0.1, -0.05) is 13.8 Å². The largest absolute Gasteiger partial charge is 0.497 e. The number of ether oxygens (including phenoxy) is 1. The normalized spacial score (nSPS) is 21.9. The van der Waals surface area contributed by atoms with Gasteiger partial charge < -0.3 is 9.64 Å². The molecule has 146 valence electrons. The van der Waals surface area contributed by atoms with Gasteiger partial charge in [-0.3, -0.25) is 0 Å². The van der Waals surface area contributed by atoms with Gasteiger partial charge >= 0.3 is 0 Å². The Hall–Kier alpha value is -2.56. The Morgan fingerprint density at radius 2 is 1.79 bits per heavy atom. The van der Waals surface area contributed by atoms with Crippen LogP contribution in [0.5, 0.6) is 5.75 Å². The number of rotatable bonds is 3. The van der Waals surface area contributed by atoms with Crippen molar-refractivity contribution in [3.63, 3.8) is 0 Å². The second kappa shape index (κ2) is 6.80. The van der Waals surface area contributed by atoms with E-state index in [2.05, 4.69) is 41.5 Å². The molecular formula is C23H28N4O. The van der Waals surface area contributed by atoms with Gasteiger partial charge in [-0.2, -0.15) is 9.61 Å². The quantitative estimate of drug-likeness (QED) is 0.680. The summed E-state index contributed by atoms with van der Waals surface area (Å²) in [5.74, 6) is 3.57. The van der Waals surface area contributed by atoms with Gasteiger partial charge in [0.1, 0.15) is 11.6 Å². The van der Waals surface area contributed by atoms with Crippen molar-refractivity contribution in [2.24, 2.45) is 11.8 Å². The number of aromatic nitrogens is 3. The Kier molecular flexibility index (Phi) is 4.26. The summed E-state index contributed by atoms with van der Waals surface area (Å²) < 4.78 is 7.40. The zero-order valence-corrected chi connectivity index (χ0v) is 17.0. The predicted molar refractivity (Wildman–Crippen MR) is 112 cm³/mol. The van der Waals surface area contributed by atoms with Gasteiger partial charge in [-0.15, -0.1) is 0 Å². The summed E-state index contributed by atoms with van der Waals surface area (Å²) in [4.78, 5) is 7.55. The van der Waals surface area contributed by atoms with Crippen molar-refractivity contribution in [2.75, 3.05) is 25.1 Å². The third kappa shape index (κ3) is 2.93. The van der Waals surface area contributed by atoms with Crippen LogP contribution in [-0.2, 0) is 12.8 Å². The molecule has 1 aromatic carbocycles. The predicted octanol–water partition coefficient (Wildman–Crippen LogP) is 4.38. The lowest BCUT2D eigenvalue weighted by molar-refractivity contribution is 0.353. The summed E-state index contributed by atoms with van der Waals surface area (Å²) in [6.07, 6.45) is 4.71. The lowest BCUT2D eigenvalue weighted by Gasteiger charge is -2.37. The molecule has 1 fully saturated rings. The van der Waals surface area contributed by atoms with Gasteiger partial charge in [0, 0.05) is 36.0 Å². The molecule has 0 bridgehead atoms. The molecule has 2 aliphatic rings. The molecule has 5 nitrogen and oxygen atoms in total. The maximum atomic E-state index is 5.29. The van der Waals surface area contributed by atoms with Crippen LogP contribution in [0.3, 0.4) is 0 Å². The molecule has 1 aliphatic carbocycles. The average Bonchev–Trinajstić information content (AvgIpc) is 3.31. The van der Waals surface area contributed by atoms with E-state index < -0.39 is 0 Å². The molecule has 0 amide bonds. The number of nitrogens with zero attached hydrogens (tertiary/aromatic N) is 4. The maximum absolute atomic E-state index is 5.29. The molecule has 3 aromatic rings. The van der Waals surface area contributed by atoms with Crippen LogP contribution in [0.4, 0.5) is 5.82 Å². The first-order valence-corrected chi connectivity index (χ1v) is 10.4. The lowest BCUT2D eigenvalue weighted by atomic mass is 9.91. The topological polar surface area (TPSA) is 42.7 Å². The molecule has 2 aromatic heterocycles. The van der Waals surface area contributed by atoms with E-state index in [1.807, 2.05) is 12.1 Å². The summed E-state index contributed by atoms with van der Waals surface area (Å²) in [5, 5.41) is 5.01. The van der Waals surface area contributed by atoms with Gasteiger partial charge in [0.05, 0.1) is 12.8 Å². The number of hydrogen-bond donors (Lipinski definition) is 0. The van der Waals surface area contributed by atoms with Crippen molar-refractivity contribution in [1.82, 2.24) is 14.6 Å². The molecule has 5 heteroatoms. The molecule has 2 atom stereocenters. The first-order chi connectivity index (χ1) is 13.6. The number of piperidine rings is 1. The summed E-state index contributed by atoms with van der Waals surface area (Å²) >= 11 is 0. The Morgan fingerprint density at radius 1 is 1.04 bits per heavy atom. The highest BCUT2D eigenvalue weighted by atomic mass is 16.5. The SMILES string of the molecule is COc1ccc(-c2cc3nc4c(c(N5C[C@H](C)C[C@H](C)C5)n3n2)CCC4)cc1. The third-order valence-corrected chi connectivity index (χ3v) is 6.15. The molecule has 0 saturated carbocycles. The highest BCUT2D eigenvalue weighted by molar-refractivity contribution is 5.68. The molecule has 0 N–H and O–H groups in total. The lowest BCUT2D eigenvalue weighted by Crippen LogP contribution is -2.40. The maximum Gasteiger partial charge on any atom is 0.158 e. The summed E-state index contributed by atoms with van der Waals surface area (Å²) in [6.45, 7) is 6.95. The van der Waals surface area contributed by atoms with E-state index in [1.54, 1.807) is 7.11 Å². The summed E-state index contributed by atoms with van der Waals surface area (Å²) in [7, 11) is 1.69. The van der Waals surface area contributed by atoms with Crippen LogP contribution in [0.1, 0.15) is 37.9 Å². The second-order valence-corrected chi connectivity index (χ2v) is 8.59. The zero-order chi connectivity index (χ0) is 19.3. The minimum absolute atomic E-state index is 0.709. The van der Waals surface area contributed by atoms with E-state index >= 15 is 0 Å². The number of aryl methyl sites for hydroxylation is 1. The van der Waals surface area contributed by atoms with Gasteiger partial charge in [0.25, 0.3) is 0 Å². The second-order valence-electron chi connectivity index (χ2n) is 8.59. The van der Waals surface area contributed by atoms with Crippen molar-refractivity contribution in [2.45, 2.75) is 39.5 Å². The number of hydrogen-bond acceptors (Lipinski definition) is 4. The van der Waals surface area contributed by atoms with Crippen LogP contribution >= 0.6 is 0 Å². The molecule has 3 heterocycles. The Labute approximate surface area is 166 Å². The van der Waals surface area contributed by atoms with Crippen LogP contribution in [0.25, 0.3) is 16.9 Å². The molecule has 5 rings (SSSR count). The highest BCUT2D eigenvalue weighted by Gasteiger charge is 2.29. The van der Waals surface area contributed by atoms with E-state index in [1.165, 1.54) is 29.9 Å². The number of benzene rings is 1. The fourth-order valence-electron chi connectivity index (χ4n) is 5.03. The Balaban J connectivity index is 1.64. The van der Waals surface area contributed by atoms with Crippen LogP contribution in [-0.4, -0.2) is 34.8 Å². The van der Waals surface area contributed by atoms with E-state index in [9.17, 15) is 0 Å². The van der Waals surface area contributed by atoms with Crippen LogP contribution in [0, 0.1) is 11.8 Å². The smallest absolute Gasteiger partial charge is 0.158 e. The molecule has 0 radical (unpaired) electrons. The van der Waals surface area contributed by atoms with Crippen molar-refractivity contribution in [3.8, 4) is 17.0 Å². The van der Waals surface area contributed by atoms with Gasteiger partial charge in [0.2, 0.25) is 0 Å². The van der Waals surface area contributed by atoms with E-state index in [-0.39, 0.29) is 0 Å². The first-order valence-electron chi connectivity index (χ1n) is 10.4. The highest BCUT2D eigenvalue weighted by Crippen LogP contribution is 2.35. The van der Waals surface area contributed by atoms with Crippen molar-refractivity contribution in [3.05, 3.63) is 41.6 Å². The van der Waals surface area contributed by atoms with E-state index in [0.717, 1.165) is 48.6 Å². The Morgan fingerprint density at radius 3 is 2.50 bits per heavy atom. The van der Waals surface area contributed by atoms with Gasteiger partial charge in [0.15, 0.2) is 5.65 Å². The van der Waals surface area contributed by atoms with Crippen LogP contribution in [0.2, 0.25) is 0 Å². The molecule has 1 aliphatic heterocycles. The van der Waals surface area contributed by atoms with Crippen LogP contribution in [0.15, 0.2) is 30.3 Å². The third-order valence-electron chi connectivity index (χ3n) is 6.15. The molecular weight excluding hydrogens is 348 g/mol. The van der Waals surface area contributed by atoms with E-state index in [0.29, 0.717) is 11.8 Å². The van der Waals surface area contributed by atoms with E-state index in [4.69, 9.17) is 14.8 Å². The fraction of sp³-hybridized carbons (Fsp3) is 0.478. The number of methoxy groups -OCH3 is 1. The summed E-state index contributed by atoms with van der Waals surface area (Å²) in [5.41, 5.74) is 5.72. The molecule has 0 spiro atoms. The summed E-state index contributed by atoms with van der Waals surface area (Å²) in [6, 6.07) is 10.2. The number of anilines is 1. The molecule has 1 saturated heterocycles. The zero-order valence-electron chi connectivity index (χ0n) is 17.0. The first kappa shape index (κ1) is 17.5. The minimum atomic E-state index is 0.709. The standard InChI is InChI=1S/C23H28N4O/c1-15-11-16(2)14-26(13-15)23-19-5-4-6-20(19)24-22-12-21(25-27(22)23)17-7-9-18(28-3)10-8-17/h7-10,12,15-16H,4-6,11,13-14H2,1-3H3/t15-,16+. The van der Waals surface area contributed by atoms with Crippen molar-refractivity contribution >= 4 is 11.5 Å². The molecule has 28 heavy (non-hydrogen) atoms. The van der Waals surface area contributed by atoms with Gasteiger partial charge in [-0.25, -0.2) is 4.98 Å². The fourth-order valence-corrected chi connectivity index (χ4v) is 5.03. The minimum Gasteiger partial charge on any atom is -0.497 e. The average molecular weight is 377 g/mol. The monoisotopic (exact) mass is 376 g/mol. The molecule has 0 unspecified atom stereocenters. The number of fused-ring (bicyclic) bond motifs is 2. The van der Waals surface area contributed by atoms with Crippen molar-refractivity contribution < 1.29 is 4.74 Å². The van der Waals surface area contributed by atoms with Crippen LogP contribution < -0.4 is 9.64 Å². The van der Waals surface area contributed by atoms with Gasteiger partial charge in [-0.05, 0) is 61.8 Å². The van der Waals surface area contributed by atoms with Crippen molar-refractivity contribution in [1.29, 1.82) is 0 Å².